The minimum absolute atomic E-state index is 0.211. The zero-order chi connectivity index (χ0) is 11.7. The number of ether oxygens (including phenoxy) is 1. The lowest BCUT2D eigenvalue weighted by atomic mass is 10.2. The van der Waals surface area contributed by atoms with Gasteiger partial charge in [-0.25, -0.2) is 0 Å². The van der Waals surface area contributed by atoms with Crippen molar-refractivity contribution in [1.29, 1.82) is 0 Å². The maximum Gasteiger partial charge on any atom is 0.192 e. The van der Waals surface area contributed by atoms with Crippen molar-refractivity contribution >= 4 is 8.32 Å². The smallest absolute Gasteiger partial charge is 0.192 e. The highest BCUT2D eigenvalue weighted by molar-refractivity contribution is 6.74. The Morgan fingerprint density at radius 1 is 1.47 bits per heavy atom. The molecule has 1 aliphatic heterocycles. The Hall–Kier alpha value is 0.0969. The minimum Gasteiger partial charge on any atom is -0.414 e. The molecule has 2 atom stereocenters. The maximum absolute atomic E-state index is 9.71. The molecule has 15 heavy (non-hydrogen) atoms. The molecule has 90 valence electrons. The largest absolute Gasteiger partial charge is 0.414 e. The molecule has 3 nitrogen and oxygen atoms in total. The molecule has 1 fully saturated rings. The third kappa shape index (κ3) is 4.22. The van der Waals surface area contributed by atoms with Gasteiger partial charge in [0.2, 0.25) is 0 Å². The molecule has 1 rings (SSSR count). The summed E-state index contributed by atoms with van der Waals surface area (Å²) < 4.78 is 11.0. The van der Waals surface area contributed by atoms with E-state index < -0.39 is 8.32 Å². The molecule has 0 amide bonds. The van der Waals surface area contributed by atoms with E-state index in [-0.39, 0.29) is 17.2 Å². The van der Waals surface area contributed by atoms with Crippen molar-refractivity contribution in [1.82, 2.24) is 0 Å². The third-order valence-corrected chi connectivity index (χ3v) is 7.88. The molecule has 1 saturated heterocycles. The highest BCUT2D eigenvalue weighted by atomic mass is 28.4. The number of rotatable bonds is 5. The zero-order valence-electron chi connectivity index (χ0n) is 10.5. The lowest BCUT2D eigenvalue weighted by Crippen LogP contribution is -2.42. The quantitative estimate of drug-likeness (QED) is 0.583. The summed E-state index contributed by atoms with van der Waals surface area (Å²) in [6, 6.07) is 0. The van der Waals surface area contributed by atoms with Crippen LogP contribution in [0.25, 0.3) is 0 Å². The Morgan fingerprint density at radius 3 is 2.40 bits per heavy atom. The Balaban J connectivity index is 2.27. The van der Waals surface area contributed by atoms with Crippen molar-refractivity contribution in [3.05, 3.63) is 0 Å². The van der Waals surface area contributed by atoms with Crippen LogP contribution in [0.5, 0.6) is 0 Å². The van der Waals surface area contributed by atoms with E-state index in [1.165, 1.54) is 0 Å². The second-order valence-electron chi connectivity index (χ2n) is 5.92. The van der Waals surface area contributed by atoms with Crippen LogP contribution in [0.4, 0.5) is 0 Å². The van der Waals surface area contributed by atoms with Crippen LogP contribution in [0.2, 0.25) is 18.1 Å². The monoisotopic (exact) mass is 232 g/mol. The van der Waals surface area contributed by atoms with Crippen molar-refractivity contribution in [3.8, 4) is 0 Å². The first-order valence-electron chi connectivity index (χ1n) is 5.66. The number of aliphatic hydroxyl groups is 1. The first-order chi connectivity index (χ1) is 6.72. The predicted molar refractivity (Wildman–Crippen MR) is 63.5 cm³/mol. The zero-order valence-corrected chi connectivity index (χ0v) is 11.5. The molecule has 0 unspecified atom stereocenters. The molecule has 1 heterocycles. The summed E-state index contributed by atoms with van der Waals surface area (Å²) in [5, 5.41) is 9.92. The van der Waals surface area contributed by atoms with Gasteiger partial charge in [0.1, 0.15) is 0 Å². The van der Waals surface area contributed by atoms with Crippen LogP contribution in [-0.2, 0) is 9.16 Å². The standard InChI is InChI=1S/C11H24O3Si/c1-11(2,3)15(4,5)14-7-9(12)6-10-8-13-10/h9-10,12H,6-8H2,1-5H3/t9-,10-/m1/s1. The van der Waals surface area contributed by atoms with E-state index in [2.05, 4.69) is 33.9 Å². The molecular weight excluding hydrogens is 208 g/mol. The molecule has 0 aromatic carbocycles. The van der Waals surface area contributed by atoms with Gasteiger partial charge in [0, 0.05) is 6.42 Å². The summed E-state index contributed by atoms with van der Waals surface area (Å²) in [6.45, 7) is 12.3. The van der Waals surface area contributed by atoms with Gasteiger partial charge in [-0.3, -0.25) is 0 Å². The molecule has 1 aliphatic rings. The van der Waals surface area contributed by atoms with Crippen LogP contribution in [0.1, 0.15) is 27.2 Å². The maximum atomic E-state index is 9.71. The van der Waals surface area contributed by atoms with Gasteiger partial charge in [-0.15, -0.1) is 0 Å². The SMILES string of the molecule is CC(C)(C)[Si](C)(C)OC[C@H](O)C[C@@H]1CO1. The Kier molecular flexibility index (Phi) is 3.98. The Bertz CT molecular complexity index is 206. The summed E-state index contributed by atoms with van der Waals surface area (Å²) in [5.74, 6) is 0. The van der Waals surface area contributed by atoms with Crippen molar-refractivity contribution < 1.29 is 14.3 Å². The number of aliphatic hydroxyl groups excluding tert-OH is 1. The second kappa shape index (κ2) is 4.53. The van der Waals surface area contributed by atoms with Crippen molar-refractivity contribution in [2.45, 2.75) is 57.5 Å². The van der Waals surface area contributed by atoms with E-state index in [0.717, 1.165) is 6.61 Å². The van der Waals surface area contributed by atoms with Gasteiger partial charge in [-0.2, -0.15) is 0 Å². The first kappa shape index (κ1) is 13.2. The van der Waals surface area contributed by atoms with Gasteiger partial charge in [0.05, 0.1) is 25.4 Å². The van der Waals surface area contributed by atoms with Crippen LogP contribution in [0.15, 0.2) is 0 Å². The lowest BCUT2D eigenvalue weighted by molar-refractivity contribution is 0.0859. The van der Waals surface area contributed by atoms with E-state index >= 15 is 0 Å². The minimum atomic E-state index is -1.70. The van der Waals surface area contributed by atoms with Gasteiger partial charge < -0.3 is 14.3 Å². The van der Waals surface area contributed by atoms with Crippen LogP contribution in [-0.4, -0.2) is 38.8 Å². The summed E-state index contributed by atoms with van der Waals surface area (Å²) in [5.41, 5.74) is 0. The summed E-state index contributed by atoms with van der Waals surface area (Å²) in [7, 11) is -1.70. The van der Waals surface area contributed by atoms with E-state index in [0.29, 0.717) is 13.0 Å². The normalized spacial score (nSPS) is 24.0. The highest BCUT2D eigenvalue weighted by Crippen LogP contribution is 2.36. The van der Waals surface area contributed by atoms with Gasteiger partial charge in [-0.1, -0.05) is 20.8 Å². The third-order valence-electron chi connectivity index (χ3n) is 3.38. The molecule has 0 spiro atoms. The van der Waals surface area contributed by atoms with Crippen molar-refractivity contribution in [2.24, 2.45) is 0 Å². The highest BCUT2D eigenvalue weighted by Gasteiger charge is 2.37. The van der Waals surface area contributed by atoms with Crippen LogP contribution < -0.4 is 0 Å². The predicted octanol–water partition coefficient (Wildman–Crippen LogP) is 2.16. The van der Waals surface area contributed by atoms with Gasteiger partial charge in [0.25, 0.3) is 0 Å². The van der Waals surface area contributed by atoms with Gasteiger partial charge in [-0.05, 0) is 18.1 Å². The fourth-order valence-corrected chi connectivity index (χ4v) is 2.14. The molecule has 0 saturated carbocycles. The molecule has 4 heteroatoms. The van der Waals surface area contributed by atoms with E-state index in [1.807, 2.05) is 0 Å². The summed E-state index contributed by atoms with van der Waals surface area (Å²) >= 11 is 0. The van der Waals surface area contributed by atoms with Crippen LogP contribution >= 0.6 is 0 Å². The number of epoxide rings is 1. The average Bonchev–Trinajstić information content (AvgIpc) is 2.83. The fourth-order valence-electron chi connectivity index (χ4n) is 1.10. The Labute approximate surface area is 93.9 Å². The summed E-state index contributed by atoms with van der Waals surface area (Å²) in [4.78, 5) is 0. The first-order valence-corrected chi connectivity index (χ1v) is 8.57. The molecular formula is C11H24O3Si. The van der Waals surface area contributed by atoms with E-state index in [1.54, 1.807) is 0 Å². The molecule has 0 aliphatic carbocycles. The molecule has 1 N–H and O–H groups in total. The molecule has 0 aromatic heterocycles. The lowest BCUT2D eigenvalue weighted by Gasteiger charge is -2.36. The molecule has 0 aromatic rings. The number of hydrogen-bond donors (Lipinski definition) is 1. The van der Waals surface area contributed by atoms with Gasteiger partial charge in [0.15, 0.2) is 8.32 Å². The number of hydrogen-bond acceptors (Lipinski definition) is 3. The summed E-state index contributed by atoms with van der Waals surface area (Å²) in [6.07, 6.45) is 0.629. The van der Waals surface area contributed by atoms with Crippen molar-refractivity contribution in [3.63, 3.8) is 0 Å². The Morgan fingerprint density at radius 2 is 2.00 bits per heavy atom. The molecule has 0 bridgehead atoms. The van der Waals surface area contributed by atoms with Crippen LogP contribution in [0.3, 0.4) is 0 Å². The second-order valence-corrected chi connectivity index (χ2v) is 10.7. The van der Waals surface area contributed by atoms with E-state index in [4.69, 9.17) is 9.16 Å². The fraction of sp³-hybridized carbons (Fsp3) is 1.00. The topological polar surface area (TPSA) is 42.0 Å². The van der Waals surface area contributed by atoms with Gasteiger partial charge >= 0.3 is 0 Å². The van der Waals surface area contributed by atoms with Crippen LogP contribution in [0, 0.1) is 0 Å². The van der Waals surface area contributed by atoms with Crippen molar-refractivity contribution in [2.75, 3.05) is 13.2 Å². The average molecular weight is 232 g/mol. The van der Waals surface area contributed by atoms with E-state index in [9.17, 15) is 5.11 Å². The molecule has 0 radical (unpaired) electrons.